The zero-order valence-corrected chi connectivity index (χ0v) is 8.27. The molecule has 1 unspecified atom stereocenters. The summed E-state index contributed by atoms with van der Waals surface area (Å²) in [7, 11) is 1.85. The van der Waals surface area contributed by atoms with Gasteiger partial charge in [-0.05, 0) is 19.3 Å². The van der Waals surface area contributed by atoms with E-state index in [1.165, 1.54) is 0 Å². The smallest absolute Gasteiger partial charge is 0.153 e. The molecule has 1 fully saturated rings. The number of aromatic nitrogens is 2. The first-order valence-corrected chi connectivity index (χ1v) is 4.91. The highest BCUT2D eigenvalue weighted by Crippen LogP contribution is 2.28. The lowest BCUT2D eigenvalue weighted by molar-refractivity contribution is 0.00970. The number of ether oxygens (including phenoxy) is 1. The Labute approximate surface area is 82.9 Å². The minimum atomic E-state index is 0.0523. The Morgan fingerprint density at radius 3 is 3.14 bits per heavy atom. The van der Waals surface area contributed by atoms with Crippen LogP contribution in [0.3, 0.4) is 0 Å². The molecule has 1 aromatic heterocycles. The molecule has 0 bridgehead atoms. The van der Waals surface area contributed by atoms with Crippen LogP contribution < -0.4 is 0 Å². The Morgan fingerprint density at radius 1 is 1.64 bits per heavy atom. The highest BCUT2D eigenvalue weighted by Gasteiger charge is 2.22. The lowest BCUT2D eigenvalue weighted by Crippen LogP contribution is -2.16. The van der Waals surface area contributed by atoms with Gasteiger partial charge in [0.25, 0.3) is 0 Å². The van der Waals surface area contributed by atoms with Gasteiger partial charge < -0.3 is 4.74 Å². The van der Waals surface area contributed by atoms with Crippen molar-refractivity contribution in [1.82, 2.24) is 9.78 Å². The van der Waals surface area contributed by atoms with E-state index in [0.717, 1.165) is 37.8 Å². The Morgan fingerprint density at radius 2 is 2.50 bits per heavy atom. The summed E-state index contributed by atoms with van der Waals surface area (Å²) in [5, 5.41) is 4.07. The second kappa shape index (κ2) is 3.92. The van der Waals surface area contributed by atoms with Crippen molar-refractivity contribution in [1.29, 1.82) is 0 Å². The van der Waals surface area contributed by atoms with Gasteiger partial charge in [-0.3, -0.25) is 9.48 Å². The van der Waals surface area contributed by atoms with Crippen LogP contribution in [-0.4, -0.2) is 22.7 Å². The normalized spacial score (nSPS) is 22.2. The Hall–Kier alpha value is -1.16. The molecule has 1 saturated heterocycles. The molecule has 0 radical (unpaired) electrons. The van der Waals surface area contributed by atoms with Gasteiger partial charge in [0.2, 0.25) is 0 Å². The molecule has 76 valence electrons. The van der Waals surface area contributed by atoms with Crippen molar-refractivity contribution in [3.05, 3.63) is 17.5 Å². The van der Waals surface area contributed by atoms with Gasteiger partial charge in [-0.2, -0.15) is 5.10 Å². The third-order valence-corrected chi connectivity index (χ3v) is 2.63. The SMILES string of the molecule is Cn1ncc(C=O)c1C1CCCCO1. The van der Waals surface area contributed by atoms with Crippen LogP contribution in [0.1, 0.15) is 41.4 Å². The fourth-order valence-corrected chi connectivity index (χ4v) is 1.91. The first-order valence-electron chi connectivity index (χ1n) is 4.91. The highest BCUT2D eigenvalue weighted by molar-refractivity contribution is 5.76. The number of aryl methyl sites for hydroxylation is 1. The third kappa shape index (κ3) is 1.57. The molecule has 14 heavy (non-hydrogen) atoms. The molecule has 0 amide bonds. The predicted octanol–water partition coefficient (Wildman–Crippen LogP) is 1.47. The minimum absolute atomic E-state index is 0.0523. The third-order valence-electron chi connectivity index (χ3n) is 2.63. The van der Waals surface area contributed by atoms with Crippen molar-refractivity contribution in [3.8, 4) is 0 Å². The molecule has 1 aromatic rings. The van der Waals surface area contributed by atoms with E-state index < -0.39 is 0 Å². The summed E-state index contributed by atoms with van der Waals surface area (Å²) in [6, 6.07) is 0. The first kappa shape index (κ1) is 9.40. The standard InChI is InChI=1S/C10H14N2O2/c1-12-10(8(7-13)6-11-12)9-4-2-3-5-14-9/h6-7,9H,2-5H2,1H3. The maximum absolute atomic E-state index is 10.8. The van der Waals surface area contributed by atoms with E-state index in [4.69, 9.17) is 4.74 Å². The summed E-state index contributed by atoms with van der Waals surface area (Å²) in [5.41, 5.74) is 1.57. The van der Waals surface area contributed by atoms with Gasteiger partial charge in [0.15, 0.2) is 6.29 Å². The molecule has 0 N–H and O–H groups in total. The molecule has 0 spiro atoms. The van der Waals surface area contributed by atoms with Crippen molar-refractivity contribution in [3.63, 3.8) is 0 Å². The average Bonchev–Trinajstić information content (AvgIpc) is 2.61. The largest absolute Gasteiger partial charge is 0.372 e. The van der Waals surface area contributed by atoms with Crippen molar-refractivity contribution in [2.45, 2.75) is 25.4 Å². The number of rotatable bonds is 2. The number of carbonyl (C=O) groups excluding carboxylic acids is 1. The Balaban J connectivity index is 2.28. The maximum atomic E-state index is 10.8. The van der Waals surface area contributed by atoms with Crippen molar-refractivity contribution >= 4 is 6.29 Å². The second-order valence-corrected chi connectivity index (χ2v) is 3.58. The van der Waals surface area contributed by atoms with Gasteiger partial charge in [-0.1, -0.05) is 0 Å². The number of hydrogen-bond acceptors (Lipinski definition) is 3. The van der Waals surface area contributed by atoms with Crippen LogP contribution in [0.4, 0.5) is 0 Å². The van der Waals surface area contributed by atoms with Crippen molar-refractivity contribution < 1.29 is 9.53 Å². The molecule has 4 heteroatoms. The number of carbonyl (C=O) groups is 1. The van der Waals surface area contributed by atoms with E-state index in [2.05, 4.69) is 5.10 Å². The highest BCUT2D eigenvalue weighted by atomic mass is 16.5. The van der Waals surface area contributed by atoms with Gasteiger partial charge >= 0.3 is 0 Å². The fourth-order valence-electron chi connectivity index (χ4n) is 1.91. The number of nitrogens with zero attached hydrogens (tertiary/aromatic N) is 2. The van der Waals surface area contributed by atoms with Crippen LogP contribution in [0, 0.1) is 0 Å². The topological polar surface area (TPSA) is 44.1 Å². The summed E-state index contributed by atoms with van der Waals surface area (Å²) in [6.07, 6.45) is 5.76. The number of aldehydes is 1. The molecule has 2 heterocycles. The van der Waals surface area contributed by atoms with E-state index >= 15 is 0 Å². The predicted molar refractivity (Wildman–Crippen MR) is 51.1 cm³/mol. The Kier molecular flexibility index (Phi) is 2.63. The summed E-state index contributed by atoms with van der Waals surface area (Å²) in [6.45, 7) is 0.786. The Bertz CT molecular complexity index is 327. The van der Waals surface area contributed by atoms with Crippen LogP contribution in [0.25, 0.3) is 0 Å². The zero-order chi connectivity index (χ0) is 9.97. The van der Waals surface area contributed by atoms with Gasteiger partial charge in [-0.25, -0.2) is 0 Å². The van der Waals surface area contributed by atoms with Gasteiger partial charge in [0, 0.05) is 13.7 Å². The van der Waals surface area contributed by atoms with Gasteiger partial charge in [-0.15, -0.1) is 0 Å². The second-order valence-electron chi connectivity index (χ2n) is 3.58. The summed E-state index contributed by atoms with van der Waals surface area (Å²) < 4.78 is 7.36. The molecular formula is C10H14N2O2. The van der Waals surface area contributed by atoms with Crippen LogP contribution in [0.5, 0.6) is 0 Å². The van der Waals surface area contributed by atoms with Crippen molar-refractivity contribution in [2.24, 2.45) is 7.05 Å². The molecule has 0 aliphatic carbocycles. The van der Waals surface area contributed by atoms with Crippen LogP contribution in [0.2, 0.25) is 0 Å². The minimum Gasteiger partial charge on any atom is -0.372 e. The molecule has 1 aliphatic rings. The van der Waals surface area contributed by atoms with E-state index in [9.17, 15) is 4.79 Å². The maximum Gasteiger partial charge on any atom is 0.153 e. The molecule has 1 aliphatic heterocycles. The van der Waals surface area contributed by atoms with Crippen LogP contribution in [-0.2, 0) is 11.8 Å². The van der Waals surface area contributed by atoms with Crippen LogP contribution in [0.15, 0.2) is 6.20 Å². The average molecular weight is 194 g/mol. The van der Waals surface area contributed by atoms with E-state index in [1.54, 1.807) is 10.9 Å². The summed E-state index contributed by atoms with van der Waals surface area (Å²) >= 11 is 0. The van der Waals surface area contributed by atoms with Gasteiger partial charge in [0.1, 0.15) is 0 Å². The molecule has 1 atom stereocenters. The van der Waals surface area contributed by atoms with E-state index in [0.29, 0.717) is 5.56 Å². The van der Waals surface area contributed by atoms with Crippen molar-refractivity contribution in [2.75, 3.05) is 6.61 Å². The lowest BCUT2D eigenvalue weighted by atomic mass is 10.0. The van der Waals surface area contributed by atoms with Gasteiger partial charge in [0.05, 0.1) is 23.6 Å². The quantitative estimate of drug-likeness (QED) is 0.670. The summed E-state index contributed by atoms with van der Waals surface area (Å²) in [5.74, 6) is 0. The zero-order valence-electron chi connectivity index (χ0n) is 8.27. The molecule has 4 nitrogen and oxygen atoms in total. The molecular weight excluding hydrogens is 180 g/mol. The van der Waals surface area contributed by atoms with E-state index in [-0.39, 0.29) is 6.10 Å². The van der Waals surface area contributed by atoms with E-state index in [1.807, 2.05) is 7.05 Å². The molecule has 0 saturated carbocycles. The summed E-state index contributed by atoms with van der Waals surface area (Å²) in [4.78, 5) is 10.8. The fraction of sp³-hybridized carbons (Fsp3) is 0.600. The van der Waals surface area contributed by atoms with Crippen LogP contribution >= 0.6 is 0 Å². The molecule has 0 aromatic carbocycles. The lowest BCUT2D eigenvalue weighted by Gasteiger charge is -2.23. The monoisotopic (exact) mass is 194 g/mol. The molecule has 2 rings (SSSR count). The number of hydrogen-bond donors (Lipinski definition) is 0. The first-order chi connectivity index (χ1) is 6.83.